The predicted molar refractivity (Wildman–Crippen MR) is 116 cm³/mol. The number of methoxy groups -OCH3 is 1. The number of anilines is 1. The van der Waals surface area contributed by atoms with Gasteiger partial charge in [-0.1, -0.05) is 6.92 Å². The van der Waals surface area contributed by atoms with Gasteiger partial charge in [0.05, 0.1) is 12.0 Å². The molecule has 1 saturated heterocycles. The monoisotopic (exact) mass is 416 g/mol. The van der Waals surface area contributed by atoms with Crippen LogP contribution in [0.2, 0.25) is 0 Å². The van der Waals surface area contributed by atoms with Gasteiger partial charge in [0.15, 0.2) is 0 Å². The van der Waals surface area contributed by atoms with Crippen molar-refractivity contribution < 1.29 is 19.1 Å². The Hall–Kier alpha value is -2.28. The Balaban J connectivity index is 1.97. The van der Waals surface area contributed by atoms with Crippen LogP contribution in [-0.4, -0.2) is 47.8 Å². The van der Waals surface area contributed by atoms with E-state index in [-0.39, 0.29) is 12.1 Å². The molecule has 2 heterocycles. The lowest BCUT2D eigenvalue weighted by molar-refractivity contribution is -0.143. The zero-order valence-corrected chi connectivity index (χ0v) is 18.7. The Morgan fingerprint density at radius 2 is 2.03 bits per heavy atom. The highest BCUT2D eigenvalue weighted by Crippen LogP contribution is 2.44. The van der Waals surface area contributed by atoms with E-state index in [0.717, 1.165) is 40.8 Å². The van der Waals surface area contributed by atoms with E-state index >= 15 is 0 Å². The first-order valence-electron chi connectivity index (χ1n) is 9.83. The minimum absolute atomic E-state index is 0.0890. The maximum absolute atomic E-state index is 12.6. The maximum atomic E-state index is 12.6. The van der Waals surface area contributed by atoms with Crippen LogP contribution in [0.4, 0.5) is 10.5 Å². The number of carbonyl (C=O) groups is 3. The molecule has 1 aromatic carbocycles. The summed E-state index contributed by atoms with van der Waals surface area (Å²) in [5.41, 5.74) is 4.56. The van der Waals surface area contributed by atoms with Gasteiger partial charge in [-0.05, 0) is 86.7 Å². The van der Waals surface area contributed by atoms with Crippen LogP contribution >= 0.6 is 11.8 Å². The number of benzene rings is 1. The summed E-state index contributed by atoms with van der Waals surface area (Å²) in [5, 5.41) is -0.450. The van der Waals surface area contributed by atoms with Crippen molar-refractivity contribution in [1.82, 2.24) is 4.90 Å². The highest BCUT2D eigenvalue weighted by atomic mass is 32.2. The molecule has 0 radical (unpaired) electrons. The Labute approximate surface area is 176 Å². The fourth-order valence-corrected chi connectivity index (χ4v) is 5.21. The van der Waals surface area contributed by atoms with Crippen LogP contribution in [0.15, 0.2) is 17.0 Å². The lowest BCUT2D eigenvalue weighted by atomic mass is 9.79. The number of hydrogen-bond donors (Lipinski definition) is 0. The second-order valence-corrected chi connectivity index (χ2v) is 9.27. The van der Waals surface area contributed by atoms with Crippen LogP contribution in [-0.2, 0) is 14.3 Å². The average Bonchev–Trinajstić information content (AvgIpc) is 2.90. The molecule has 156 valence electrons. The van der Waals surface area contributed by atoms with E-state index in [0.29, 0.717) is 10.8 Å². The van der Waals surface area contributed by atoms with Crippen LogP contribution in [0, 0.1) is 6.92 Å². The van der Waals surface area contributed by atoms with Gasteiger partial charge in [-0.15, -0.1) is 0 Å². The molecular weight excluding hydrogens is 388 g/mol. The largest absolute Gasteiger partial charge is 0.468 e. The van der Waals surface area contributed by atoms with Crippen LogP contribution in [0.1, 0.15) is 56.7 Å². The van der Waals surface area contributed by atoms with E-state index in [4.69, 9.17) is 0 Å². The lowest BCUT2D eigenvalue weighted by Gasteiger charge is -2.47. The number of thioether (sulfide) groups is 1. The number of nitrogens with zero attached hydrogens (tertiary/aromatic N) is 2. The number of fused-ring (bicyclic) bond motifs is 1. The van der Waals surface area contributed by atoms with Gasteiger partial charge in [0.2, 0.25) is 0 Å². The number of esters is 1. The number of carbonyl (C=O) groups excluding carboxylic acids is 3. The van der Waals surface area contributed by atoms with E-state index < -0.39 is 17.1 Å². The molecule has 29 heavy (non-hydrogen) atoms. The van der Waals surface area contributed by atoms with Gasteiger partial charge in [0, 0.05) is 17.8 Å². The lowest BCUT2D eigenvalue weighted by Crippen LogP contribution is -2.48. The molecule has 3 rings (SSSR count). The van der Waals surface area contributed by atoms with E-state index in [2.05, 4.69) is 49.5 Å². The number of hydrogen-bond acceptors (Lipinski definition) is 6. The van der Waals surface area contributed by atoms with Crippen LogP contribution in [0.25, 0.3) is 6.08 Å². The van der Waals surface area contributed by atoms with Crippen molar-refractivity contribution in [3.05, 3.63) is 33.7 Å². The Morgan fingerprint density at radius 1 is 1.34 bits per heavy atom. The molecule has 6 nitrogen and oxygen atoms in total. The smallest absolute Gasteiger partial charge is 0.325 e. The molecule has 0 aromatic heterocycles. The van der Waals surface area contributed by atoms with E-state index in [9.17, 15) is 14.4 Å². The fraction of sp³-hybridized carbons (Fsp3) is 0.500. The van der Waals surface area contributed by atoms with E-state index in [1.807, 2.05) is 6.92 Å². The second-order valence-electron chi connectivity index (χ2n) is 8.27. The van der Waals surface area contributed by atoms with Crippen molar-refractivity contribution >= 4 is 40.6 Å². The highest BCUT2D eigenvalue weighted by molar-refractivity contribution is 8.18. The Morgan fingerprint density at radius 3 is 2.66 bits per heavy atom. The molecule has 0 aliphatic carbocycles. The van der Waals surface area contributed by atoms with Gasteiger partial charge >= 0.3 is 5.97 Å². The van der Waals surface area contributed by atoms with Gasteiger partial charge in [0.1, 0.15) is 6.54 Å². The van der Waals surface area contributed by atoms with Crippen molar-refractivity contribution in [3.63, 3.8) is 0 Å². The van der Waals surface area contributed by atoms with Crippen molar-refractivity contribution in [2.75, 3.05) is 25.1 Å². The summed E-state index contributed by atoms with van der Waals surface area (Å²) in [7, 11) is 1.23. The van der Waals surface area contributed by atoms with Crippen molar-refractivity contribution in [1.29, 1.82) is 0 Å². The van der Waals surface area contributed by atoms with Crippen molar-refractivity contribution in [3.8, 4) is 0 Å². The normalized spacial score (nSPS) is 22.3. The molecule has 1 aromatic rings. The summed E-state index contributed by atoms with van der Waals surface area (Å²) in [6.07, 6.45) is 2.81. The van der Waals surface area contributed by atoms with Crippen LogP contribution in [0.3, 0.4) is 0 Å². The summed E-state index contributed by atoms with van der Waals surface area (Å²) in [6, 6.07) is 4.32. The van der Waals surface area contributed by atoms with Gasteiger partial charge in [-0.25, -0.2) is 0 Å². The third-order valence-corrected chi connectivity index (χ3v) is 6.67. The number of rotatable bonds is 4. The SMILES string of the molecule is CCN1c2cc(C)c(/C=C3/SC(=O)N(CC(=O)OC)C3=O)cc2C(C)CC1(C)C. The van der Waals surface area contributed by atoms with Gasteiger partial charge in [0.25, 0.3) is 11.1 Å². The summed E-state index contributed by atoms with van der Waals surface area (Å²) in [6.45, 7) is 11.5. The van der Waals surface area contributed by atoms with Crippen LogP contribution < -0.4 is 4.90 Å². The molecule has 2 aliphatic rings. The summed E-state index contributed by atoms with van der Waals surface area (Å²) >= 11 is 0.861. The minimum Gasteiger partial charge on any atom is -0.468 e. The fourth-order valence-electron chi connectivity index (χ4n) is 4.38. The molecule has 7 heteroatoms. The summed E-state index contributed by atoms with van der Waals surface area (Å²) in [5.74, 6) is -0.675. The number of aryl methyl sites for hydroxylation is 1. The number of amides is 2. The van der Waals surface area contributed by atoms with E-state index in [1.165, 1.54) is 18.4 Å². The molecule has 1 atom stereocenters. The Kier molecular flexibility index (Phi) is 5.81. The molecule has 2 amide bonds. The molecule has 0 spiro atoms. The first kappa shape index (κ1) is 21.4. The summed E-state index contributed by atoms with van der Waals surface area (Å²) < 4.78 is 4.57. The standard InChI is InChI=1S/C22H28N2O4S/c1-7-24-17-8-13(2)15(9-16(17)14(3)11-22(24,4)5)10-18-20(26)23(21(27)29-18)12-19(25)28-6/h8-10,14H,7,11-12H2,1-6H3/b18-10+. The molecule has 1 unspecified atom stereocenters. The molecular formula is C22H28N2O4S. The maximum Gasteiger partial charge on any atom is 0.325 e. The first-order valence-corrected chi connectivity index (χ1v) is 10.6. The Bertz CT molecular complexity index is 906. The highest BCUT2D eigenvalue weighted by Gasteiger charge is 2.38. The molecule has 0 bridgehead atoms. The van der Waals surface area contributed by atoms with Gasteiger partial charge in [-0.2, -0.15) is 0 Å². The van der Waals surface area contributed by atoms with Crippen LogP contribution in [0.5, 0.6) is 0 Å². The molecule has 2 aliphatic heterocycles. The zero-order valence-electron chi connectivity index (χ0n) is 17.9. The average molecular weight is 417 g/mol. The van der Waals surface area contributed by atoms with E-state index in [1.54, 1.807) is 6.08 Å². The van der Waals surface area contributed by atoms with Gasteiger partial charge < -0.3 is 9.64 Å². The number of ether oxygens (including phenoxy) is 1. The third kappa shape index (κ3) is 3.92. The number of imide groups is 1. The molecule has 1 fully saturated rings. The first-order chi connectivity index (χ1) is 13.6. The minimum atomic E-state index is -0.616. The summed E-state index contributed by atoms with van der Waals surface area (Å²) in [4.78, 5) is 40.0. The topological polar surface area (TPSA) is 66.9 Å². The second kappa shape index (κ2) is 7.86. The van der Waals surface area contributed by atoms with Gasteiger partial charge in [-0.3, -0.25) is 19.3 Å². The quantitative estimate of drug-likeness (QED) is 0.538. The molecule has 0 N–H and O–H groups in total. The van der Waals surface area contributed by atoms with Crippen molar-refractivity contribution in [2.24, 2.45) is 0 Å². The molecule has 0 saturated carbocycles. The zero-order chi connectivity index (χ0) is 21.5. The third-order valence-electron chi connectivity index (χ3n) is 5.76. The predicted octanol–water partition coefficient (Wildman–Crippen LogP) is 4.32. The van der Waals surface area contributed by atoms with Crippen molar-refractivity contribution in [2.45, 2.75) is 52.5 Å².